The molecule has 1 aromatic carbocycles. The maximum absolute atomic E-state index is 2.37. The summed E-state index contributed by atoms with van der Waals surface area (Å²) in [5.74, 6) is 0. The summed E-state index contributed by atoms with van der Waals surface area (Å²) in [5, 5.41) is 2.90. The summed E-state index contributed by atoms with van der Waals surface area (Å²) < 4.78 is 0. The monoisotopic (exact) mass is 250 g/mol. The van der Waals surface area contributed by atoms with E-state index < -0.39 is 0 Å². The van der Waals surface area contributed by atoms with Crippen molar-refractivity contribution in [1.82, 2.24) is 0 Å². The van der Waals surface area contributed by atoms with Crippen LogP contribution in [0, 0.1) is 13.8 Å². The second-order valence-electron chi connectivity index (χ2n) is 5.34. The molecule has 0 spiro atoms. The van der Waals surface area contributed by atoms with Crippen LogP contribution in [0.3, 0.4) is 0 Å². The number of benzene rings is 1. The number of hydrogen-bond acceptors (Lipinski definition) is 0. The molecule has 0 saturated heterocycles. The van der Waals surface area contributed by atoms with Gasteiger partial charge in [-0.25, -0.2) is 17.2 Å². The van der Waals surface area contributed by atoms with Gasteiger partial charge in [0.05, 0.1) is 0 Å². The average Bonchev–Trinajstić information content (AvgIpc) is 3.00. The van der Waals surface area contributed by atoms with E-state index in [0.717, 1.165) is 12.8 Å². The predicted octanol–water partition coefficient (Wildman–Crippen LogP) is -0.868. The molecule has 0 radical (unpaired) electrons. The quantitative estimate of drug-likeness (QED) is 0.410. The third-order valence-electron chi connectivity index (χ3n) is 4.33. The van der Waals surface area contributed by atoms with Crippen LogP contribution in [-0.4, -0.2) is 0 Å². The summed E-state index contributed by atoms with van der Waals surface area (Å²) in [4.78, 5) is 0. The molecule has 0 aliphatic heterocycles. The zero-order valence-corrected chi connectivity index (χ0v) is 13.7. The van der Waals surface area contributed by atoms with E-state index in [2.05, 4.69) is 52.0 Å². The van der Waals surface area contributed by atoms with E-state index in [1.54, 1.807) is 0 Å². The number of hydrogen-bond donors (Lipinski definition) is 0. The van der Waals surface area contributed by atoms with Crippen molar-refractivity contribution in [2.75, 3.05) is 0 Å². The molecule has 0 N–H and O–H groups in total. The van der Waals surface area contributed by atoms with Crippen LogP contribution in [0.2, 0.25) is 0 Å². The Hall–Kier alpha value is -0.365. The Bertz CT molecular complexity index is 629. The minimum atomic E-state index is 0. The topological polar surface area (TPSA) is 0 Å². The van der Waals surface area contributed by atoms with Gasteiger partial charge in [0.1, 0.15) is 0 Å². The van der Waals surface area contributed by atoms with Crippen molar-refractivity contribution in [2.24, 2.45) is 0 Å². The van der Waals surface area contributed by atoms with Gasteiger partial charge in [-0.15, -0.1) is 12.5 Å². The summed E-state index contributed by atoms with van der Waals surface area (Å²) >= 11 is 0. The molecule has 0 unspecified atom stereocenters. The molecule has 0 heterocycles. The van der Waals surface area contributed by atoms with E-state index in [1.807, 2.05) is 0 Å². The second-order valence-corrected chi connectivity index (χ2v) is 5.34. The summed E-state index contributed by atoms with van der Waals surface area (Å²) in [5.41, 5.74) is 8.71. The Labute approximate surface area is 146 Å². The van der Waals surface area contributed by atoms with Crippen LogP contribution in [0.5, 0.6) is 0 Å². The molecular formula is C18H20Li2. The number of fused-ring (bicyclic) bond motifs is 2. The van der Waals surface area contributed by atoms with Crippen LogP contribution < -0.4 is 37.7 Å². The van der Waals surface area contributed by atoms with Crippen molar-refractivity contribution in [1.29, 1.82) is 0 Å². The Kier molecular flexibility index (Phi) is 5.84. The van der Waals surface area contributed by atoms with Gasteiger partial charge in [0.2, 0.25) is 0 Å². The molecular weight excluding hydrogens is 230 g/mol. The molecule has 2 heteroatoms. The summed E-state index contributed by atoms with van der Waals surface area (Å²) in [6, 6.07) is 9.48. The third kappa shape index (κ3) is 2.56. The SMILES string of the molecule is CCc1cc2c(C)c3cc(CC)[cH-]c3[c-](C)c-2c1.[Li+].[Li+]. The third-order valence-corrected chi connectivity index (χ3v) is 4.33. The van der Waals surface area contributed by atoms with Gasteiger partial charge in [-0.05, 0) is 12.0 Å². The smallest absolute Gasteiger partial charge is 0.284 e. The van der Waals surface area contributed by atoms with E-state index in [1.165, 1.54) is 44.2 Å². The van der Waals surface area contributed by atoms with Crippen molar-refractivity contribution in [3.8, 4) is 11.1 Å². The van der Waals surface area contributed by atoms with Crippen molar-refractivity contribution in [3.05, 3.63) is 46.5 Å². The summed E-state index contributed by atoms with van der Waals surface area (Å²) in [6.07, 6.45) is 2.25. The first-order valence-corrected chi connectivity index (χ1v) is 6.93. The van der Waals surface area contributed by atoms with Gasteiger partial charge in [-0.3, -0.25) is 16.8 Å². The van der Waals surface area contributed by atoms with Gasteiger partial charge in [0.25, 0.3) is 0 Å². The van der Waals surface area contributed by atoms with Gasteiger partial charge in [0.15, 0.2) is 0 Å². The molecule has 0 nitrogen and oxygen atoms in total. The molecule has 0 fully saturated rings. The van der Waals surface area contributed by atoms with Crippen molar-refractivity contribution >= 4 is 10.8 Å². The van der Waals surface area contributed by atoms with E-state index in [9.17, 15) is 0 Å². The van der Waals surface area contributed by atoms with E-state index in [-0.39, 0.29) is 37.7 Å². The average molecular weight is 250 g/mol. The molecule has 1 aromatic rings. The van der Waals surface area contributed by atoms with Gasteiger partial charge in [0, 0.05) is 0 Å². The fraction of sp³-hybridized carbons (Fsp3) is 0.333. The van der Waals surface area contributed by atoms with Gasteiger partial charge in [-0.2, -0.15) is 0 Å². The molecule has 2 aliphatic rings. The summed E-state index contributed by atoms with van der Waals surface area (Å²) in [7, 11) is 0. The van der Waals surface area contributed by atoms with E-state index in [4.69, 9.17) is 0 Å². The number of rotatable bonds is 2. The molecule has 0 atom stereocenters. The largest absolute Gasteiger partial charge is 1.00 e. The molecule has 0 aromatic heterocycles. The fourth-order valence-corrected chi connectivity index (χ4v) is 3.08. The Morgan fingerprint density at radius 2 is 1.75 bits per heavy atom. The van der Waals surface area contributed by atoms with Crippen molar-refractivity contribution in [3.63, 3.8) is 0 Å². The van der Waals surface area contributed by atoms with Crippen LogP contribution >= 0.6 is 0 Å². The van der Waals surface area contributed by atoms with Crippen LogP contribution in [-0.2, 0) is 12.8 Å². The predicted molar refractivity (Wildman–Crippen MR) is 80.0 cm³/mol. The van der Waals surface area contributed by atoms with Crippen molar-refractivity contribution in [2.45, 2.75) is 40.5 Å². The maximum Gasteiger partial charge on any atom is 1.00 e. The van der Waals surface area contributed by atoms with Crippen molar-refractivity contribution < 1.29 is 37.7 Å². The molecule has 3 rings (SSSR count). The normalized spacial score (nSPS) is 10.6. The molecule has 0 amide bonds. The molecule has 2 aliphatic carbocycles. The second kappa shape index (κ2) is 6.60. The zero-order valence-electron chi connectivity index (χ0n) is 13.7. The van der Waals surface area contributed by atoms with Crippen LogP contribution in [0.25, 0.3) is 21.9 Å². The van der Waals surface area contributed by atoms with E-state index >= 15 is 0 Å². The van der Waals surface area contributed by atoms with Gasteiger partial charge >= 0.3 is 37.7 Å². The minimum absolute atomic E-state index is 0. The standard InChI is InChI=1S/C18H20.2Li/c1-5-13-7-15-11(3)17-9-14(6-2)10-18(17)12(4)16(15)8-13;;/h7-10H,5-6H2,1-4H3;;/q-2;2*+1. The first-order chi connectivity index (χ1) is 8.65. The fourth-order valence-electron chi connectivity index (χ4n) is 3.08. The van der Waals surface area contributed by atoms with Gasteiger partial charge in [-0.1, -0.05) is 50.5 Å². The van der Waals surface area contributed by atoms with Gasteiger partial charge < -0.3 is 0 Å². The minimum Gasteiger partial charge on any atom is -0.284 e. The molecule has 0 bridgehead atoms. The Morgan fingerprint density at radius 1 is 1.05 bits per heavy atom. The van der Waals surface area contributed by atoms with Crippen LogP contribution in [0.15, 0.2) is 24.3 Å². The molecule has 94 valence electrons. The Morgan fingerprint density at radius 3 is 2.35 bits per heavy atom. The number of aryl methyl sites for hydroxylation is 4. The molecule has 0 saturated carbocycles. The molecule has 20 heavy (non-hydrogen) atoms. The first-order valence-electron chi connectivity index (χ1n) is 6.93. The zero-order chi connectivity index (χ0) is 12.9. The van der Waals surface area contributed by atoms with Crippen LogP contribution in [0.4, 0.5) is 0 Å². The first kappa shape index (κ1) is 17.7. The van der Waals surface area contributed by atoms with E-state index in [0.29, 0.717) is 0 Å². The summed E-state index contributed by atoms with van der Waals surface area (Å²) in [6.45, 7) is 8.99. The maximum atomic E-state index is 2.37. The Balaban J connectivity index is 0.000001000. The van der Waals surface area contributed by atoms with Crippen LogP contribution in [0.1, 0.15) is 36.1 Å².